The Balaban J connectivity index is 0.000000597. The van der Waals surface area contributed by atoms with Crippen molar-refractivity contribution in [2.75, 3.05) is 12.9 Å². The van der Waals surface area contributed by atoms with E-state index < -0.39 is 10.1 Å². The zero-order valence-electron chi connectivity index (χ0n) is 15.1. The van der Waals surface area contributed by atoms with Crippen LogP contribution in [0.2, 0.25) is 0 Å². The molecule has 0 spiro atoms. The Kier molecular flexibility index (Phi) is 8.98. The molecule has 1 unspecified atom stereocenters. The zero-order valence-corrected chi connectivity index (χ0v) is 15.9. The van der Waals surface area contributed by atoms with Crippen LogP contribution in [0, 0.1) is 5.92 Å². The highest BCUT2D eigenvalue weighted by Crippen LogP contribution is 2.13. The van der Waals surface area contributed by atoms with Crippen molar-refractivity contribution in [2.24, 2.45) is 11.7 Å². The molecule has 2 rings (SSSR count). The average Bonchev–Trinajstić information content (AvgIpc) is 2.56. The molecule has 4 N–H and O–H groups in total. The summed E-state index contributed by atoms with van der Waals surface area (Å²) in [4.78, 5) is 11.7. The summed E-state index contributed by atoms with van der Waals surface area (Å²) in [6.45, 7) is 2.11. The van der Waals surface area contributed by atoms with E-state index in [1.807, 2.05) is 13.0 Å². The van der Waals surface area contributed by atoms with Gasteiger partial charge < -0.3 is 11.1 Å². The van der Waals surface area contributed by atoms with Crippen LogP contribution in [0.5, 0.6) is 0 Å². The maximum Gasteiger partial charge on any atom is 0.261 e. The molecule has 7 heteroatoms. The second kappa shape index (κ2) is 10.7. The molecule has 0 aliphatic carbocycles. The Morgan fingerprint density at radius 3 is 2.00 bits per heavy atom. The van der Waals surface area contributed by atoms with Crippen LogP contribution >= 0.6 is 0 Å². The van der Waals surface area contributed by atoms with Gasteiger partial charge in [-0.3, -0.25) is 9.35 Å². The highest BCUT2D eigenvalue weighted by molar-refractivity contribution is 7.85. The molecular weight excluding hydrogens is 352 g/mol. The second-order valence-electron chi connectivity index (χ2n) is 6.06. The predicted octanol–water partition coefficient (Wildman–Crippen LogP) is 1.99. The normalized spacial score (nSPS) is 11.8. The van der Waals surface area contributed by atoms with E-state index in [1.165, 1.54) is 16.7 Å². The van der Waals surface area contributed by atoms with Gasteiger partial charge in [0, 0.05) is 5.92 Å². The lowest BCUT2D eigenvalue weighted by Gasteiger charge is -2.11. The fourth-order valence-electron chi connectivity index (χ4n) is 2.35. The van der Waals surface area contributed by atoms with Crippen molar-refractivity contribution in [3.05, 3.63) is 71.3 Å². The number of carbonyl (C=O) groups excluding carboxylic acids is 1. The summed E-state index contributed by atoms with van der Waals surface area (Å²) in [6, 6.07) is 18.9. The Hall–Kier alpha value is -2.22. The number of benzene rings is 2. The maximum absolute atomic E-state index is 11.7. The summed E-state index contributed by atoms with van der Waals surface area (Å²) in [5, 5.41) is 2.65. The van der Waals surface area contributed by atoms with Crippen LogP contribution in [0.1, 0.15) is 23.6 Å². The van der Waals surface area contributed by atoms with Crippen LogP contribution in [0.3, 0.4) is 0 Å². The van der Waals surface area contributed by atoms with Crippen LogP contribution in [-0.4, -0.2) is 31.8 Å². The topological polar surface area (TPSA) is 109 Å². The summed E-state index contributed by atoms with van der Waals surface area (Å²) in [6.07, 6.45) is 2.38. The molecule has 0 aromatic heterocycles. The van der Waals surface area contributed by atoms with E-state index in [1.54, 1.807) is 0 Å². The van der Waals surface area contributed by atoms with E-state index in [2.05, 4.69) is 53.8 Å². The van der Waals surface area contributed by atoms with Gasteiger partial charge in [-0.1, -0.05) is 61.5 Å². The van der Waals surface area contributed by atoms with Crippen LogP contribution in [0.15, 0.2) is 54.6 Å². The molecule has 1 amide bonds. The van der Waals surface area contributed by atoms with Crippen molar-refractivity contribution in [3.8, 4) is 0 Å². The van der Waals surface area contributed by atoms with E-state index in [9.17, 15) is 13.2 Å². The van der Waals surface area contributed by atoms with Crippen molar-refractivity contribution in [3.63, 3.8) is 0 Å². The van der Waals surface area contributed by atoms with E-state index in [4.69, 9.17) is 10.3 Å². The molecule has 26 heavy (non-hydrogen) atoms. The minimum absolute atomic E-state index is 0.00543. The van der Waals surface area contributed by atoms with E-state index in [0.29, 0.717) is 6.26 Å². The Morgan fingerprint density at radius 1 is 1.04 bits per heavy atom. The van der Waals surface area contributed by atoms with Crippen LogP contribution in [0.4, 0.5) is 0 Å². The van der Waals surface area contributed by atoms with E-state index in [0.717, 1.165) is 12.8 Å². The summed E-state index contributed by atoms with van der Waals surface area (Å²) < 4.78 is 25.9. The molecule has 2 aromatic carbocycles. The van der Waals surface area contributed by atoms with E-state index >= 15 is 0 Å². The molecule has 0 heterocycles. The van der Waals surface area contributed by atoms with Gasteiger partial charge in [0.1, 0.15) is 0 Å². The number of nitrogens with one attached hydrogen (secondary N) is 1. The highest BCUT2D eigenvalue weighted by atomic mass is 32.2. The quantitative estimate of drug-likeness (QED) is 0.526. The lowest BCUT2D eigenvalue weighted by Crippen LogP contribution is -2.34. The van der Waals surface area contributed by atoms with Gasteiger partial charge in [-0.25, -0.2) is 0 Å². The number of hydrogen-bond acceptors (Lipinski definition) is 4. The van der Waals surface area contributed by atoms with Crippen LogP contribution in [-0.2, 0) is 27.8 Å². The molecule has 0 saturated carbocycles. The third kappa shape index (κ3) is 9.93. The second-order valence-corrected chi connectivity index (χ2v) is 7.53. The molecule has 0 bridgehead atoms. The third-order valence-corrected chi connectivity index (χ3v) is 3.54. The largest absolute Gasteiger partial charge is 0.344 e. The third-order valence-electron chi connectivity index (χ3n) is 3.54. The lowest BCUT2D eigenvalue weighted by molar-refractivity contribution is -0.124. The van der Waals surface area contributed by atoms with Crippen LogP contribution < -0.4 is 11.1 Å². The maximum atomic E-state index is 11.7. The van der Waals surface area contributed by atoms with Crippen molar-refractivity contribution >= 4 is 16.0 Å². The molecule has 0 radical (unpaired) electrons. The van der Waals surface area contributed by atoms with Crippen molar-refractivity contribution < 1.29 is 17.8 Å². The summed E-state index contributed by atoms with van der Waals surface area (Å²) in [5.41, 5.74) is 9.08. The van der Waals surface area contributed by atoms with Crippen LogP contribution in [0.25, 0.3) is 0 Å². The zero-order chi connectivity index (χ0) is 19.6. The summed E-state index contributed by atoms with van der Waals surface area (Å²) in [5.74, 6) is -0.0561. The van der Waals surface area contributed by atoms with E-state index in [-0.39, 0.29) is 18.5 Å². The number of nitrogens with two attached hydrogens (primary N) is 1. The molecule has 0 aliphatic rings. The monoisotopic (exact) mass is 378 g/mol. The van der Waals surface area contributed by atoms with Gasteiger partial charge >= 0.3 is 0 Å². The van der Waals surface area contributed by atoms with Gasteiger partial charge in [0.2, 0.25) is 5.91 Å². The number of hydrogen-bond donors (Lipinski definition) is 3. The Morgan fingerprint density at radius 2 is 1.50 bits per heavy atom. The summed E-state index contributed by atoms with van der Waals surface area (Å²) in [7, 11) is -3.67. The van der Waals surface area contributed by atoms with Crippen molar-refractivity contribution in [1.29, 1.82) is 0 Å². The SMILES string of the molecule is CC(Cc1ccc(Cc2ccccc2)cc1)C(=O)NCN.CS(=O)(=O)O. The number of amides is 1. The Labute approximate surface area is 155 Å². The van der Waals surface area contributed by atoms with Gasteiger partial charge in [0.15, 0.2) is 0 Å². The smallest absolute Gasteiger partial charge is 0.261 e. The van der Waals surface area contributed by atoms with Gasteiger partial charge in [-0.05, 0) is 29.5 Å². The van der Waals surface area contributed by atoms with Gasteiger partial charge in [-0.2, -0.15) is 8.42 Å². The predicted molar refractivity (Wildman–Crippen MR) is 103 cm³/mol. The molecule has 0 saturated heterocycles. The minimum Gasteiger partial charge on any atom is -0.344 e. The molecule has 0 aliphatic heterocycles. The first kappa shape index (κ1) is 21.8. The van der Waals surface area contributed by atoms with Gasteiger partial charge in [0.25, 0.3) is 10.1 Å². The molecule has 1 atom stereocenters. The first-order valence-electron chi connectivity index (χ1n) is 8.21. The van der Waals surface area contributed by atoms with Gasteiger partial charge in [-0.15, -0.1) is 0 Å². The van der Waals surface area contributed by atoms with Crippen molar-refractivity contribution in [2.45, 2.75) is 19.8 Å². The molecule has 2 aromatic rings. The number of carbonyl (C=O) groups is 1. The fourth-order valence-corrected chi connectivity index (χ4v) is 2.35. The highest BCUT2D eigenvalue weighted by Gasteiger charge is 2.12. The molecule has 0 fully saturated rings. The lowest BCUT2D eigenvalue weighted by atomic mass is 9.98. The fraction of sp³-hybridized carbons (Fsp3) is 0.316. The number of rotatable bonds is 6. The first-order chi connectivity index (χ1) is 12.2. The standard InChI is InChI=1S/C18H22N2O.CH4O3S/c1-14(18(21)20-13-19)11-16-7-9-17(10-8-16)12-15-5-3-2-4-6-15;1-5(2,3)4/h2-10,14H,11-13,19H2,1H3,(H,20,21);1H3,(H,2,3,4). The average molecular weight is 378 g/mol. The Bertz CT molecular complexity index is 767. The van der Waals surface area contributed by atoms with Gasteiger partial charge in [0.05, 0.1) is 12.9 Å². The minimum atomic E-state index is -3.67. The van der Waals surface area contributed by atoms with Crippen molar-refractivity contribution in [1.82, 2.24) is 5.32 Å². The molecular formula is C19H26N2O4S. The molecule has 142 valence electrons. The summed E-state index contributed by atoms with van der Waals surface area (Å²) >= 11 is 0. The first-order valence-corrected chi connectivity index (χ1v) is 10.1. The molecule has 6 nitrogen and oxygen atoms in total.